The molecule has 0 atom stereocenters. The van der Waals surface area contributed by atoms with Gasteiger partial charge in [0.05, 0.1) is 13.1 Å². The van der Waals surface area contributed by atoms with Gasteiger partial charge in [-0.3, -0.25) is 9.59 Å². The first-order chi connectivity index (χ1) is 12.6. The SMILES string of the molecule is Cc1cccc(OCCNC(=O)CNC(=O)c2ccc3c(c2)OCO3)c1. The van der Waals surface area contributed by atoms with E-state index < -0.39 is 0 Å². The van der Waals surface area contributed by atoms with Crippen molar-refractivity contribution in [2.24, 2.45) is 0 Å². The van der Waals surface area contributed by atoms with Gasteiger partial charge < -0.3 is 24.8 Å². The van der Waals surface area contributed by atoms with E-state index >= 15 is 0 Å². The number of carbonyl (C=O) groups excluding carboxylic acids is 2. The molecule has 1 aliphatic rings. The normalized spacial score (nSPS) is 11.7. The molecule has 0 saturated heterocycles. The second kappa shape index (κ2) is 8.24. The van der Waals surface area contributed by atoms with Gasteiger partial charge in [-0.2, -0.15) is 0 Å². The Morgan fingerprint density at radius 2 is 1.92 bits per heavy atom. The van der Waals surface area contributed by atoms with E-state index in [4.69, 9.17) is 14.2 Å². The minimum Gasteiger partial charge on any atom is -0.492 e. The molecule has 0 bridgehead atoms. The van der Waals surface area contributed by atoms with Crippen LogP contribution in [0.2, 0.25) is 0 Å². The Balaban J connectivity index is 1.36. The van der Waals surface area contributed by atoms with Crippen molar-refractivity contribution in [3.05, 3.63) is 53.6 Å². The van der Waals surface area contributed by atoms with Gasteiger partial charge in [-0.05, 0) is 42.8 Å². The molecule has 0 fully saturated rings. The maximum atomic E-state index is 12.1. The number of hydrogen-bond donors (Lipinski definition) is 2. The van der Waals surface area contributed by atoms with Crippen molar-refractivity contribution in [3.63, 3.8) is 0 Å². The predicted molar refractivity (Wildman–Crippen MR) is 94.6 cm³/mol. The fraction of sp³-hybridized carbons (Fsp3) is 0.263. The summed E-state index contributed by atoms with van der Waals surface area (Å²) >= 11 is 0. The Bertz CT molecular complexity index is 806. The summed E-state index contributed by atoms with van der Waals surface area (Å²) in [6.45, 7) is 2.72. The quantitative estimate of drug-likeness (QED) is 0.737. The van der Waals surface area contributed by atoms with Crippen LogP contribution in [-0.4, -0.2) is 38.3 Å². The second-order valence-electron chi connectivity index (χ2n) is 5.77. The molecule has 2 amide bonds. The summed E-state index contributed by atoms with van der Waals surface area (Å²) in [6, 6.07) is 12.6. The van der Waals surface area contributed by atoms with Crippen molar-refractivity contribution >= 4 is 11.8 Å². The maximum Gasteiger partial charge on any atom is 0.251 e. The molecule has 0 radical (unpaired) electrons. The van der Waals surface area contributed by atoms with Crippen LogP contribution < -0.4 is 24.8 Å². The van der Waals surface area contributed by atoms with Gasteiger partial charge in [0.2, 0.25) is 12.7 Å². The molecule has 136 valence electrons. The summed E-state index contributed by atoms with van der Waals surface area (Å²) in [5.74, 6) is 1.25. The molecule has 26 heavy (non-hydrogen) atoms. The molecular formula is C19H20N2O5. The van der Waals surface area contributed by atoms with Crippen LogP contribution >= 0.6 is 0 Å². The van der Waals surface area contributed by atoms with Crippen molar-refractivity contribution in [2.45, 2.75) is 6.92 Å². The number of rotatable bonds is 7. The first-order valence-corrected chi connectivity index (χ1v) is 8.26. The molecule has 0 saturated carbocycles. The van der Waals surface area contributed by atoms with E-state index in [1.54, 1.807) is 18.2 Å². The van der Waals surface area contributed by atoms with E-state index in [-0.39, 0.29) is 25.2 Å². The zero-order valence-corrected chi connectivity index (χ0v) is 14.4. The third-order valence-corrected chi connectivity index (χ3v) is 3.73. The van der Waals surface area contributed by atoms with Crippen LogP contribution in [0.4, 0.5) is 0 Å². The number of fused-ring (bicyclic) bond motifs is 1. The molecule has 0 aliphatic carbocycles. The fourth-order valence-corrected chi connectivity index (χ4v) is 2.43. The number of carbonyl (C=O) groups is 2. The van der Waals surface area contributed by atoms with E-state index in [0.29, 0.717) is 30.2 Å². The summed E-state index contributed by atoms with van der Waals surface area (Å²) in [5, 5.41) is 5.26. The molecule has 2 aromatic carbocycles. The summed E-state index contributed by atoms with van der Waals surface area (Å²) in [4.78, 5) is 23.9. The number of hydrogen-bond acceptors (Lipinski definition) is 5. The minimum atomic E-state index is -0.352. The molecule has 0 spiro atoms. The van der Waals surface area contributed by atoms with Crippen molar-refractivity contribution in [3.8, 4) is 17.2 Å². The topological polar surface area (TPSA) is 85.9 Å². The van der Waals surface area contributed by atoms with Gasteiger partial charge in [0.15, 0.2) is 11.5 Å². The third kappa shape index (κ3) is 4.66. The molecule has 2 aromatic rings. The lowest BCUT2D eigenvalue weighted by molar-refractivity contribution is -0.120. The van der Waals surface area contributed by atoms with Gasteiger partial charge in [-0.25, -0.2) is 0 Å². The maximum absolute atomic E-state index is 12.1. The Morgan fingerprint density at radius 1 is 1.08 bits per heavy atom. The zero-order valence-electron chi connectivity index (χ0n) is 14.4. The average molecular weight is 356 g/mol. The van der Waals surface area contributed by atoms with Gasteiger partial charge >= 0.3 is 0 Å². The van der Waals surface area contributed by atoms with Crippen LogP contribution in [0.15, 0.2) is 42.5 Å². The van der Waals surface area contributed by atoms with Gasteiger partial charge in [-0.1, -0.05) is 12.1 Å². The van der Waals surface area contributed by atoms with Crippen LogP contribution in [-0.2, 0) is 4.79 Å². The fourth-order valence-electron chi connectivity index (χ4n) is 2.43. The van der Waals surface area contributed by atoms with Crippen LogP contribution in [0.25, 0.3) is 0 Å². The highest BCUT2D eigenvalue weighted by Crippen LogP contribution is 2.32. The van der Waals surface area contributed by atoms with Crippen molar-refractivity contribution < 1.29 is 23.8 Å². The number of ether oxygens (including phenoxy) is 3. The second-order valence-corrected chi connectivity index (χ2v) is 5.77. The van der Waals surface area contributed by atoms with E-state index in [9.17, 15) is 9.59 Å². The average Bonchev–Trinajstić information content (AvgIpc) is 3.11. The standard InChI is InChI=1S/C19H20N2O5/c1-13-3-2-4-15(9-13)24-8-7-20-18(22)11-21-19(23)14-5-6-16-17(10-14)26-12-25-16/h2-6,9-10H,7-8,11-12H2,1H3,(H,20,22)(H,21,23). The number of aryl methyl sites for hydroxylation is 1. The van der Waals surface area contributed by atoms with Crippen LogP contribution in [0, 0.1) is 6.92 Å². The first-order valence-electron chi connectivity index (χ1n) is 8.26. The highest BCUT2D eigenvalue weighted by Gasteiger charge is 2.16. The highest BCUT2D eigenvalue weighted by molar-refractivity contribution is 5.97. The molecule has 0 aromatic heterocycles. The van der Waals surface area contributed by atoms with E-state index in [2.05, 4.69) is 10.6 Å². The van der Waals surface area contributed by atoms with Crippen LogP contribution in [0.5, 0.6) is 17.2 Å². The van der Waals surface area contributed by atoms with E-state index in [1.165, 1.54) is 0 Å². The molecule has 3 rings (SSSR count). The molecule has 1 heterocycles. The largest absolute Gasteiger partial charge is 0.492 e. The first kappa shape index (κ1) is 17.6. The Labute approximate surface area is 151 Å². The zero-order chi connectivity index (χ0) is 18.4. The minimum absolute atomic E-state index is 0.113. The lowest BCUT2D eigenvalue weighted by atomic mass is 10.2. The Morgan fingerprint density at radius 3 is 2.77 bits per heavy atom. The lowest BCUT2D eigenvalue weighted by Gasteiger charge is -2.09. The molecule has 0 unspecified atom stereocenters. The van der Waals surface area contributed by atoms with Gasteiger partial charge in [0.1, 0.15) is 12.4 Å². The van der Waals surface area contributed by atoms with E-state index in [1.807, 2.05) is 31.2 Å². The molecule has 2 N–H and O–H groups in total. The van der Waals surface area contributed by atoms with Crippen LogP contribution in [0.1, 0.15) is 15.9 Å². The Hall–Kier alpha value is -3.22. The van der Waals surface area contributed by atoms with Gasteiger partial charge in [-0.15, -0.1) is 0 Å². The van der Waals surface area contributed by atoms with Crippen molar-refractivity contribution in [1.82, 2.24) is 10.6 Å². The number of nitrogens with one attached hydrogen (secondary N) is 2. The Kier molecular flexibility index (Phi) is 5.58. The summed E-state index contributed by atoms with van der Waals surface area (Å²) in [5.41, 5.74) is 1.52. The molecule has 7 nitrogen and oxygen atoms in total. The van der Waals surface area contributed by atoms with E-state index in [0.717, 1.165) is 11.3 Å². The smallest absolute Gasteiger partial charge is 0.251 e. The molecule has 7 heteroatoms. The number of amides is 2. The summed E-state index contributed by atoms with van der Waals surface area (Å²) in [6.07, 6.45) is 0. The van der Waals surface area contributed by atoms with Crippen molar-refractivity contribution in [2.75, 3.05) is 26.5 Å². The van der Waals surface area contributed by atoms with Gasteiger partial charge in [0, 0.05) is 5.56 Å². The number of benzene rings is 2. The van der Waals surface area contributed by atoms with Crippen molar-refractivity contribution in [1.29, 1.82) is 0 Å². The van der Waals surface area contributed by atoms with Gasteiger partial charge in [0.25, 0.3) is 5.91 Å². The lowest BCUT2D eigenvalue weighted by Crippen LogP contribution is -2.38. The summed E-state index contributed by atoms with van der Waals surface area (Å²) in [7, 11) is 0. The highest BCUT2D eigenvalue weighted by atomic mass is 16.7. The molecule has 1 aliphatic heterocycles. The summed E-state index contributed by atoms with van der Waals surface area (Å²) < 4.78 is 16.0. The third-order valence-electron chi connectivity index (χ3n) is 3.73. The van der Waals surface area contributed by atoms with Crippen LogP contribution in [0.3, 0.4) is 0 Å². The molecular weight excluding hydrogens is 336 g/mol. The monoisotopic (exact) mass is 356 g/mol. The predicted octanol–water partition coefficient (Wildman–Crippen LogP) is 1.65.